The first kappa shape index (κ1) is 19.7. The van der Waals surface area contributed by atoms with E-state index in [0.29, 0.717) is 29.2 Å². The van der Waals surface area contributed by atoms with Crippen LogP contribution in [-0.4, -0.2) is 43.3 Å². The summed E-state index contributed by atoms with van der Waals surface area (Å²) < 4.78 is 31.5. The molecule has 0 radical (unpaired) electrons. The smallest absolute Gasteiger partial charge is 0.270 e. The highest BCUT2D eigenvalue weighted by Gasteiger charge is 2.35. The van der Waals surface area contributed by atoms with Crippen molar-refractivity contribution in [2.45, 2.75) is 43.8 Å². The molecule has 0 saturated heterocycles. The van der Waals surface area contributed by atoms with Crippen molar-refractivity contribution in [1.29, 1.82) is 0 Å². The number of carbonyl (C=O) groups is 1. The van der Waals surface area contributed by atoms with Crippen molar-refractivity contribution >= 4 is 15.7 Å². The minimum atomic E-state index is -3.47. The molecule has 4 rings (SSSR count). The van der Waals surface area contributed by atoms with Crippen molar-refractivity contribution in [2.24, 2.45) is 0 Å². The predicted molar refractivity (Wildman–Crippen MR) is 110 cm³/mol. The molecule has 2 aliphatic rings. The maximum absolute atomic E-state index is 13.0. The first-order valence-electron chi connectivity index (χ1n) is 9.93. The van der Waals surface area contributed by atoms with E-state index < -0.39 is 9.84 Å². The molecular formula is C21H25N3O4S. The van der Waals surface area contributed by atoms with Crippen LogP contribution in [0.15, 0.2) is 41.1 Å². The largest absolute Gasteiger partial charge is 0.497 e. The van der Waals surface area contributed by atoms with E-state index in [1.165, 1.54) is 23.0 Å². The van der Waals surface area contributed by atoms with Crippen molar-refractivity contribution in [1.82, 2.24) is 14.9 Å². The SMILES string of the molecule is COc1cccc(-c2nc3n(c2C(=O)NCCC2=CCCCC2)CCS3(=O)=O)c1. The van der Waals surface area contributed by atoms with Crippen LogP contribution in [0, 0.1) is 0 Å². The van der Waals surface area contributed by atoms with Crippen LogP contribution in [0.2, 0.25) is 0 Å². The third-order valence-electron chi connectivity index (χ3n) is 5.47. The lowest BCUT2D eigenvalue weighted by Crippen LogP contribution is -2.27. The highest BCUT2D eigenvalue weighted by atomic mass is 32.2. The summed E-state index contributed by atoms with van der Waals surface area (Å²) in [6, 6.07) is 7.15. The van der Waals surface area contributed by atoms with Crippen molar-refractivity contribution in [3.8, 4) is 17.0 Å². The molecule has 7 nitrogen and oxygen atoms in total. The van der Waals surface area contributed by atoms with Crippen LogP contribution in [0.3, 0.4) is 0 Å². The van der Waals surface area contributed by atoms with Gasteiger partial charge in [-0.15, -0.1) is 0 Å². The lowest BCUT2D eigenvalue weighted by molar-refractivity contribution is 0.0945. The fourth-order valence-electron chi connectivity index (χ4n) is 3.93. The molecular weight excluding hydrogens is 390 g/mol. The number of carbonyl (C=O) groups excluding carboxylic acids is 1. The Balaban J connectivity index is 1.64. The van der Waals surface area contributed by atoms with E-state index >= 15 is 0 Å². The predicted octanol–water partition coefficient (Wildman–Crippen LogP) is 2.97. The molecule has 1 aliphatic heterocycles. The minimum absolute atomic E-state index is 0.0269. The fraction of sp³-hybridized carbons (Fsp3) is 0.429. The van der Waals surface area contributed by atoms with Crippen LogP contribution in [0.1, 0.15) is 42.6 Å². The van der Waals surface area contributed by atoms with Crippen molar-refractivity contribution < 1.29 is 17.9 Å². The second kappa shape index (κ2) is 8.02. The number of sulfone groups is 1. The van der Waals surface area contributed by atoms with Crippen LogP contribution in [-0.2, 0) is 16.4 Å². The third-order valence-corrected chi connectivity index (χ3v) is 7.06. The van der Waals surface area contributed by atoms with E-state index in [1.54, 1.807) is 31.4 Å². The van der Waals surface area contributed by atoms with Gasteiger partial charge in [0, 0.05) is 18.7 Å². The summed E-state index contributed by atoms with van der Waals surface area (Å²) in [5.74, 6) is 0.296. The van der Waals surface area contributed by atoms with Gasteiger partial charge in [-0.2, -0.15) is 0 Å². The van der Waals surface area contributed by atoms with Crippen molar-refractivity contribution in [2.75, 3.05) is 19.4 Å². The number of nitrogens with zero attached hydrogens (tertiary/aromatic N) is 2. The summed E-state index contributed by atoms with van der Waals surface area (Å²) in [7, 11) is -1.91. The summed E-state index contributed by atoms with van der Waals surface area (Å²) >= 11 is 0. The number of hydrogen-bond donors (Lipinski definition) is 1. The molecule has 8 heteroatoms. The lowest BCUT2D eigenvalue weighted by atomic mass is 9.97. The van der Waals surface area contributed by atoms with Gasteiger partial charge in [0.25, 0.3) is 5.91 Å². The van der Waals surface area contributed by atoms with E-state index in [2.05, 4.69) is 16.4 Å². The number of rotatable bonds is 6. The maximum atomic E-state index is 13.0. The zero-order chi connectivity index (χ0) is 20.4. The Morgan fingerprint density at radius 3 is 2.93 bits per heavy atom. The Kier molecular flexibility index (Phi) is 5.45. The Hall–Kier alpha value is -2.61. The Labute approximate surface area is 170 Å². The molecule has 0 bridgehead atoms. The number of ether oxygens (including phenoxy) is 1. The number of nitrogens with one attached hydrogen (secondary N) is 1. The summed E-state index contributed by atoms with van der Waals surface area (Å²) in [5.41, 5.74) is 2.70. The molecule has 0 unspecified atom stereocenters. The summed E-state index contributed by atoms with van der Waals surface area (Å²) in [4.78, 5) is 17.4. The van der Waals surface area contributed by atoms with Crippen molar-refractivity contribution in [3.05, 3.63) is 41.6 Å². The molecule has 1 N–H and O–H groups in total. The molecule has 1 amide bonds. The zero-order valence-electron chi connectivity index (χ0n) is 16.5. The molecule has 29 heavy (non-hydrogen) atoms. The lowest BCUT2D eigenvalue weighted by Gasteiger charge is -2.13. The zero-order valence-corrected chi connectivity index (χ0v) is 17.3. The van der Waals surface area contributed by atoms with E-state index in [9.17, 15) is 13.2 Å². The number of aromatic nitrogens is 2. The molecule has 2 aromatic rings. The molecule has 2 heterocycles. The van der Waals surface area contributed by atoms with Gasteiger partial charge in [-0.05, 0) is 44.2 Å². The summed E-state index contributed by atoms with van der Waals surface area (Å²) in [5, 5.41) is 2.93. The Morgan fingerprint density at radius 2 is 2.17 bits per heavy atom. The quantitative estimate of drug-likeness (QED) is 0.733. The summed E-state index contributed by atoms with van der Waals surface area (Å²) in [6.07, 6.45) is 7.71. The average Bonchev–Trinajstić information content (AvgIpc) is 3.26. The van der Waals surface area contributed by atoms with Gasteiger partial charge >= 0.3 is 0 Å². The van der Waals surface area contributed by atoms with Gasteiger partial charge in [0.2, 0.25) is 15.0 Å². The third kappa shape index (κ3) is 3.94. The molecule has 1 aromatic carbocycles. The van der Waals surface area contributed by atoms with Gasteiger partial charge in [-0.3, -0.25) is 4.79 Å². The fourth-order valence-corrected chi connectivity index (χ4v) is 5.29. The van der Waals surface area contributed by atoms with E-state index in [4.69, 9.17) is 4.74 Å². The number of allylic oxidation sites excluding steroid dienone is 1. The van der Waals surface area contributed by atoms with Crippen molar-refractivity contribution in [3.63, 3.8) is 0 Å². The van der Waals surface area contributed by atoms with Crippen LogP contribution < -0.4 is 10.1 Å². The number of amides is 1. The molecule has 0 atom stereocenters. The van der Waals surface area contributed by atoms with Gasteiger partial charge in [0.1, 0.15) is 17.1 Å². The highest BCUT2D eigenvalue weighted by Crippen LogP contribution is 2.32. The van der Waals surface area contributed by atoms with E-state index in [-0.39, 0.29) is 23.4 Å². The molecule has 0 fully saturated rings. The van der Waals surface area contributed by atoms with E-state index in [1.807, 2.05) is 0 Å². The van der Waals surface area contributed by atoms with E-state index in [0.717, 1.165) is 19.3 Å². The van der Waals surface area contributed by atoms with Crippen LogP contribution in [0.4, 0.5) is 0 Å². The topological polar surface area (TPSA) is 90.3 Å². The number of imidazole rings is 1. The van der Waals surface area contributed by atoms with Gasteiger partial charge in [0.15, 0.2) is 0 Å². The van der Waals surface area contributed by atoms with Crippen LogP contribution >= 0.6 is 0 Å². The van der Waals surface area contributed by atoms with Gasteiger partial charge < -0.3 is 14.6 Å². The number of benzene rings is 1. The molecule has 1 aliphatic carbocycles. The van der Waals surface area contributed by atoms with Crippen LogP contribution in [0.5, 0.6) is 5.75 Å². The number of methoxy groups -OCH3 is 1. The highest BCUT2D eigenvalue weighted by molar-refractivity contribution is 7.91. The number of fused-ring (bicyclic) bond motifs is 1. The van der Waals surface area contributed by atoms with Crippen LogP contribution in [0.25, 0.3) is 11.3 Å². The summed E-state index contributed by atoms with van der Waals surface area (Å²) in [6.45, 7) is 0.762. The van der Waals surface area contributed by atoms with Gasteiger partial charge in [-0.25, -0.2) is 13.4 Å². The second-order valence-electron chi connectivity index (χ2n) is 7.41. The Morgan fingerprint density at radius 1 is 1.31 bits per heavy atom. The van der Waals surface area contributed by atoms with Gasteiger partial charge in [0.05, 0.1) is 12.9 Å². The number of hydrogen-bond acceptors (Lipinski definition) is 5. The molecule has 1 aromatic heterocycles. The monoisotopic (exact) mass is 415 g/mol. The molecule has 154 valence electrons. The molecule has 0 saturated carbocycles. The Bertz CT molecular complexity index is 1070. The minimum Gasteiger partial charge on any atom is -0.497 e. The maximum Gasteiger partial charge on any atom is 0.270 e. The first-order chi connectivity index (χ1) is 14.0. The van der Waals surface area contributed by atoms with Gasteiger partial charge in [-0.1, -0.05) is 23.8 Å². The second-order valence-corrected chi connectivity index (χ2v) is 9.41. The molecule has 0 spiro atoms. The first-order valence-corrected chi connectivity index (χ1v) is 11.6. The standard InChI is InChI=1S/C21H25N3O4S/c1-28-17-9-5-8-16(14-17)18-19(24-12-13-29(26,27)21(24)23-18)20(25)22-11-10-15-6-3-2-4-7-15/h5-6,8-9,14H,2-4,7,10-13H2,1H3,(H,22,25). The normalized spacial score (nSPS) is 17.5. The average molecular weight is 416 g/mol.